The summed E-state index contributed by atoms with van der Waals surface area (Å²) in [4.78, 5) is 36.5. The fourth-order valence-electron chi connectivity index (χ4n) is 1.80. The van der Waals surface area contributed by atoms with Gasteiger partial charge in [-0.1, -0.05) is 11.6 Å². The lowest BCUT2D eigenvalue weighted by Gasteiger charge is -2.13. The van der Waals surface area contributed by atoms with E-state index in [4.69, 9.17) is 11.6 Å². The fourth-order valence-corrected chi connectivity index (χ4v) is 2.09. The summed E-state index contributed by atoms with van der Waals surface area (Å²) < 4.78 is 0. The molecule has 0 fully saturated rings. The van der Waals surface area contributed by atoms with E-state index < -0.39 is 17.7 Å². The molecule has 1 aromatic carbocycles. The van der Waals surface area contributed by atoms with Crippen LogP contribution in [-0.4, -0.2) is 41.5 Å². The quantitative estimate of drug-likeness (QED) is 0.643. The number of rotatable bonds is 4. The van der Waals surface area contributed by atoms with Crippen LogP contribution in [0.5, 0.6) is 0 Å². The van der Waals surface area contributed by atoms with Gasteiger partial charge in [0.25, 0.3) is 11.8 Å². The molecule has 3 amide bonds. The molecule has 0 aliphatic carbocycles. The Labute approximate surface area is 120 Å². The van der Waals surface area contributed by atoms with Crippen LogP contribution < -0.4 is 5.32 Å². The van der Waals surface area contributed by atoms with Crippen LogP contribution >= 0.6 is 24.2 Å². The van der Waals surface area contributed by atoms with Gasteiger partial charge in [-0.3, -0.25) is 19.3 Å². The largest absolute Gasteiger partial charge is 0.354 e. The lowest BCUT2D eigenvalue weighted by molar-refractivity contribution is -0.121. The number of imide groups is 1. The first-order valence-electron chi connectivity index (χ1n) is 5.58. The van der Waals surface area contributed by atoms with Crippen molar-refractivity contribution in [2.75, 3.05) is 18.8 Å². The molecule has 0 saturated carbocycles. The summed E-state index contributed by atoms with van der Waals surface area (Å²) in [6.07, 6.45) is 0. The smallest absolute Gasteiger partial charge is 0.262 e. The van der Waals surface area contributed by atoms with E-state index in [-0.39, 0.29) is 17.7 Å². The van der Waals surface area contributed by atoms with Gasteiger partial charge in [-0.15, -0.1) is 0 Å². The summed E-state index contributed by atoms with van der Waals surface area (Å²) in [6.45, 7) is 0.0919. The minimum Gasteiger partial charge on any atom is -0.354 e. The van der Waals surface area contributed by atoms with Gasteiger partial charge in [0, 0.05) is 17.3 Å². The Balaban J connectivity index is 2.16. The molecule has 0 unspecified atom stereocenters. The predicted molar refractivity (Wildman–Crippen MR) is 73.7 cm³/mol. The zero-order valence-electron chi connectivity index (χ0n) is 9.85. The molecule has 0 spiro atoms. The standard InChI is InChI=1S/C12H11ClN2O3S/c13-7-1-2-8-9(5-7)12(18)15(11(8)17)6-10(16)14-3-4-19/h1-2,5,19H,3-4,6H2,(H,14,16). The molecule has 1 N–H and O–H groups in total. The van der Waals surface area contributed by atoms with Gasteiger partial charge in [0.05, 0.1) is 11.1 Å². The fraction of sp³-hybridized carbons (Fsp3) is 0.250. The van der Waals surface area contributed by atoms with Crippen molar-refractivity contribution in [2.45, 2.75) is 0 Å². The maximum Gasteiger partial charge on any atom is 0.262 e. The van der Waals surface area contributed by atoms with Gasteiger partial charge in [-0.05, 0) is 18.2 Å². The van der Waals surface area contributed by atoms with Crippen LogP contribution in [0.4, 0.5) is 0 Å². The van der Waals surface area contributed by atoms with Gasteiger partial charge >= 0.3 is 0 Å². The first kappa shape index (κ1) is 13.9. The highest BCUT2D eigenvalue weighted by Gasteiger charge is 2.36. The SMILES string of the molecule is O=C(CN1C(=O)c2ccc(Cl)cc2C1=O)NCCS. The molecule has 2 rings (SSSR count). The Morgan fingerprint density at radius 3 is 2.63 bits per heavy atom. The number of amides is 3. The van der Waals surface area contributed by atoms with Crippen LogP contribution in [0.25, 0.3) is 0 Å². The number of halogens is 1. The number of fused-ring (bicyclic) bond motifs is 1. The van der Waals surface area contributed by atoms with Crippen molar-refractivity contribution in [2.24, 2.45) is 0 Å². The molecule has 0 saturated heterocycles. The first-order valence-corrected chi connectivity index (χ1v) is 6.59. The lowest BCUT2D eigenvalue weighted by atomic mass is 10.1. The van der Waals surface area contributed by atoms with Gasteiger partial charge in [0.1, 0.15) is 6.54 Å². The molecule has 1 aliphatic rings. The van der Waals surface area contributed by atoms with Crippen LogP contribution in [0.3, 0.4) is 0 Å². The third-order valence-corrected chi connectivity index (χ3v) is 3.13. The Morgan fingerprint density at radius 2 is 1.95 bits per heavy atom. The van der Waals surface area contributed by atoms with E-state index >= 15 is 0 Å². The predicted octanol–water partition coefficient (Wildman–Crippen LogP) is 0.982. The summed E-state index contributed by atoms with van der Waals surface area (Å²) in [5, 5.41) is 2.93. The number of nitrogens with one attached hydrogen (secondary N) is 1. The van der Waals surface area contributed by atoms with Gasteiger partial charge in [-0.2, -0.15) is 12.6 Å². The number of carbonyl (C=O) groups is 3. The zero-order chi connectivity index (χ0) is 14.0. The Hall–Kier alpha value is -1.53. The third-order valence-electron chi connectivity index (χ3n) is 2.67. The van der Waals surface area contributed by atoms with E-state index in [9.17, 15) is 14.4 Å². The third kappa shape index (κ3) is 2.74. The van der Waals surface area contributed by atoms with Crippen molar-refractivity contribution in [3.05, 3.63) is 34.3 Å². The van der Waals surface area contributed by atoms with E-state index in [0.29, 0.717) is 17.3 Å². The summed E-state index contributed by atoms with van der Waals surface area (Å²) in [5.74, 6) is -0.875. The number of benzene rings is 1. The van der Waals surface area contributed by atoms with Crippen LogP contribution in [-0.2, 0) is 4.79 Å². The average molecular weight is 299 g/mol. The molecule has 7 heteroatoms. The number of hydrogen-bond donors (Lipinski definition) is 2. The van der Waals surface area contributed by atoms with Gasteiger partial charge in [0.2, 0.25) is 5.91 Å². The number of hydrogen-bond acceptors (Lipinski definition) is 4. The second-order valence-corrected chi connectivity index (χ2v) is 4.84. The van der Waals surface area contributed by atoms with Crippen molar-refractivity contribution in [1.82, 2.24) is 10.2 Å². The first-order chi connectivity index (χ1) is 9.04. The Kier molecular flexibility index (Phi) is 4.11. The molecule has 100 valence electrons. The Bertz CT molecular complexity index is 562. The molecule has 1 aromatic rings. The molecule has 5 nitrogen and oxygen atoms in total. The molecule has 0 bridgehead atoms. The van der Waals surface area contributed by atoms with E-state index in [1.54, 1.807) is 0 Å². The normalized spacial score (nSPS) is 13.7. The van der Waals surface area contributed by atoms with Crippen molar-refractivity contribution in [3.8, 4) is 0 Å². The molecular weight excluding hydrogens is 288 g/mol. The van der Waals surface area contributed by atoms with Crippen molar-refractivity contribution in [1.29, 1.82) is 0 Å². The zero-order valence-corrected chi connectivity index (χ0v) is 11.5. The van der Waals surface area contributed by atoms with E-state index in [2.05, 4.69) is 17.9 Å². The Morgan fingerprint density at radius 1 is 1.26 bits per heavy atom. The number of nitrogens with zero attached hydrogens (tertiary/aromatic N) is 1. The van der Waals surface area contributed by atoms with E-state index in [1.807, 2.05) is 0 Å². The highest BCUT2D eigenvalue weighted by Crippen LogP contribution is 2.25. The summed E-state index contributed by atoms with van der Waals surface area (Å²) in [5.41, 5.74) is 0.510. The van der Waals surface area contributed by atoms with Crippen LogP contribution in [0.15, 0.2) is 18.2 Å². The van der Waals surface area contributed by atoms with Crippen molar-refractivity contribution in [3.63, 3.8) is 0 Å². The minimum absolute atomic E-state index is 0.236. The van der Waals surface area contributed by atoms with Gasteiger partial charge < -0.3 is 5.32 Å². The van der Waals surface area contributed by atoms with Crippen LogP contribution in [0.2, 0.25) is 5.02 Å². The second-order valence-electron chi connectivity index (χ2n) is 3.96. The molecule has 1 aliphatic heterocycles. The maximum atomic E-state index is 12.0. The lowest BCUT2D eigenvalue weighted by Crippen LogP contribution is -2.40. The molecule has 0 atom stereocenters. The highest BCUT2D eigenvalue weighted by molar-refractivity contribution is 7.80. The van der Waals surface area contributed by atoms with Gasteiger partial charge in [-0.25, -0.2) is 0 Å². The van der Waals surface area contributed by atoms with Gasteiger partial charge in [0.15, 0.2) is 0 Å². The topological polar surface area (TPSA) is 66.5 Å². The molecule has 0 aromatic heterocycles. The summed E-state index contributed by atoms with van der Waals surface area (Å²) in [6, 6.07) is 4.46. The van der Waals surface area contributed by atoms with Crippen LogP contribution in [0, 0.1) is 0 Å². The minimum atomic E-state index is -0.497. The molecular formula is C12H11ClN2O3S. The monoisotopic (exact) mass is 298 g/mol. The van der Waals surface area contributed by atoms with Crippen LogP contribution in [0.1, 0.15) is 20.7 Å². The van der Waals surface area contributed by atoms with E-state index in [0.717, 1.165) is 4.90 Å². The summed E-state index contributed by atoms with van der Waals surface area (Å²) >= 11 is 9.74. The second kappa shape index (κ2) is 5.63. The number of carbonyl (C=O) groups excluding carboxylic acids is 3. The average Bonchev–Trinajstić information content (AvgIpc) is 2.61. The van der Waals surface area contributed by atoms with Crippen molar-refractivity contribution >= 4 is 42.0 Å². The molecule has 1 heterocycles. The molecule has 0 radical (unpaired) electrons. The highest BCUT2D eigenvalue weighted by atomic mass is 35.5. The number of thiol groups is 1. The molecule has 19 heavy (non-hydrogen) atoms. The summed E-state index contributed by atoms with van der Waals surface area (Å²) in [7, 11) is 0. The van der Waals surface area contributed by atoms with Crippen molar-refractivity contribution < 1.29 is 14.4 Å². The maximum absolute atomic E-state index is 12.0. The van der Waals surface area contributed by atoms with E-state index in [1.165, 1.54) is 18.2 Å².